The normalized spacial score (nSPS) is 13.2. The molecule has 1 N–H and O–H groups in total. The first-order chi connectivity index (χ1) is 15.2. The first kappa shape index (κ1) is 25.5. The third-order valence-electron chi connectivity index (χ3n) is 5.83. The fourth-order valence-corrected chi connectivity index (χ4v) is 3.85. The third-order valence-corrected chi connectivity index (χ3v) is 5.83. The van der Waals surface area contributed by atoms with E-state index in [1.54, 1.807) is 0 Å². The van der Waals surface area contributed by atoms with E-state index in [4.69, 9.17) is 9.47 Å². The maximum absolute atomic E-state index is 11.6. The number of unbranched alkanes of at least 4 members (excludes halogenated alkanes) is 9. The van der Waals surface area contributed by atoms with Gasteiger partial charge in [0.05, 0.1) is 13.2 Å². The summed E-state index contributed by atoms with van der Waals surface area (Å²) in [6, 6.07) is 6.87. The lowest BCUT2D eigenvalue weighted by molar-refractivity contribution is -0.121. The van der Waals surface area contributed by atoms with Crippen LogP contribution in [0.5, 0.6) is 11.5 Å². The summed E-state index contributed by atoms with van der Waals surface area (Å²) in [6.45, 7) is 5.73. The minimum absolute atomic E-state index is 0.252. The molecule has 1 aromatic rings. The van der Waals surface area contributed by atoms with Crippen LogP contribution >= 0.6 is 0 Å². The Morgan fingerprint density at radius 3 is 2.13 bits per heavy atom. The lowest BCUT2D eigenvalue weighted by Crippen LogP contribution is -2.24. The Balaban J connectivity index is 1.49. The quantitative estimate of drug-likeness (QED) is 0.240. The Morgan fingerprint density at radius 2 is 1.48 bits per heavy atom. The van der Waals surface area contributed by atoms with Gasteiger partial charge in [-0.3, -0.25) is 4.79 Å². The standard InChI is InChI=1S/C27H45NO3/c1-3-5-12-15-23-20-25(30-4-2)22-26(21-23)31-19-14-11-9-7-6-8-10-13-16-27(29)28-24-17-18-24/h20-22,24H,3-19H2,1-2H3,(H,28,29). The summed E-state index contributed by atoms with van der Waals surface area (Å²) in [4.78, 5) is 11.6. The molecule has 0 heterocycles. The van der Waals surface area contributed by atoms with Crippen molar-refractivity contribution in [2.24, 2.45) is 0 Å². The summed E-state index contributed by atoms with van der Waals surface area (Å²) >= 11 is 0. The number of hydrogen-bond donors (Lipinski definition) is 1. The van der Waals surface area contributed by atoms with Gasteiger partial charge in [-0.25, -0.2) is 0 Å². The number of amides is 1. The van der Waals surface area contributed by atoms with Crippen molar-refractivity contribution >= 4 is 5.91 Å². The van der Waals surface area contributed by atoms with Crippen LogP contribution in [0.25, 0.3) is 0 Å². The van der Waals surface area contributed by atoms with Crippen molar-refractivity contribution in [2.75, 3.05) is 13.2 Å². The second-order valence-corrected chi connectivity index (χ2v) is 8.97. The molecule has 31 heavy (non-hydrogen) atoms. The van der Waals surface area contributed by atoms with Crippen molar-refractivity contribution in [2.45, 2.75) is 116 Å². The van der Waals surface area contributed by atoms with Crippen molar-refractivity contribution in [1.82, 2.24) is 5.32 Å². The van der Waals surface area contributed by atoms with E-state index < -0.39 is 0 Å². The van der Waals surface area contributed by atoms with Crippen LogP contribution in [-0.2, 0) is 11.2 Å². The molecule has 1 aromatic carbocycles. The summed E-state index contributed by atoms with van der Waals surface area (Å²) in [7, 11) is 0. The summed E-state index contributed by atoms with van der Waals surface area (Å²) < 4.78 is 11.8. The topological polar surface area (TPSA) is 47.6 Å². The predicted octanol–water partition coefficient (Wildman–Crippen LogP) is 6.99. The van der Waals surface area contributed by atoms with E-state index in [0.717, 1.165) is 37.4 Å². The molecular formula is C27H45NO3. The maximum Gasteiger partial charge on any atom is 0.220 e. The van der Waals surface area contributed by atoms with Crippen LogP contribution in [0.4, 0.5) is 0 Å². The molecule has 0 spiro atoms. The monoisotopic (exact) mass is 431 g/mol. The minimum Gasteiger partial charge on any atom is -0.494 e. The number of carbonyl (C=O) groups excluding carboxylic acids is 1. The Kier molecular flexibility index (Phi) is 13.2. The molecule has 176 valence electrons. The van der Waals surface area contributed by atoms with Gasteiger partial charge in [-0.15, -0.1) is 0 Å². The first-order valence-corrected chi connectivity index (χ1v) is 12.9. The van der Waals surface area contributed by atoms with Crippen LogP contribution in [0.2, 0.25) is 0 Å². The molecule has 0 unspecified atom stereocenters. The van der Waals surface area contributed by atoms with Crippen LogP contribution < -0.4 is 14.8 Å². The van der Waals surface area contributed by atoms with Gasteiger partial charge in [-0.05, 0) is 63.1 Å². The summed E-state index contributed by atoms with van der Waals surface area (Å²) in [5.41, 5.74) is 1.32. The van der Waals surface area contributed by atoms with Gasteiger partial charge in [0.15, 0.2) is 0 Å². The summed E-state index contributed by atoms with van der Waals surface area (Å²) in [5.74, 6) is 2.13. The number of ether oxygens (including phenoxy) is 2. The third kappa shape index (κ3) is 12.7. The Bertz CT molecular complexity index is 612. The zero-order chi connectivity index (χ0) is 22.2. The number of nitrogens with one attached hydrogen (secondary N) is 1. The zero-order valence-corrected chi connectivity index (χ0v) is 20.1. The minimum atomic E-state index is 0.252. The van der Waals surface area contributed by atoms with Crippen LogP contribution in [0.3, 0.4) is 0 Å². The molecule has 4 nitrogen and oxygen atoms in total. The van der Waals surface area contributed by atoms with E-state index >= 15 is 0 Å². The number of benzene rings is 1. The molecule has 0 saturated heterocycles. The number of hydrogen-bond acceptors (Lipinski definition) is 3. The molecule has 0 aliphatic heterocycles. The highest BCUT2D eigenvalue weighted by Gasteiger charge is 2.22. The molecule has 0 bridgehead atoms. The molecule has 1 fully saturated rings. The van der Waals surface area contributed by atoms with E-state index in [0.29, 0.717) is 19.1 Å². The Labute approximate surface area is 190 Å². The fourth-order valence-electron chi connectivity index (χ4n) is 3.85. The smallest absolute Gasteiger partial charge is 0.220 e. The van der Waals surface area contributed by atoms with Crippen LogP contribution in [0.1, 0.15) is 109 Å². The van der Waals surface area contributed by atoms with Gasteiger partial charge in [0.25, 0.3) is 0 Å². The predicted molar refractivity (Wildman–Crippen MR) is 129 cm³/mol. The van der Waals surface area contributed by atoms with Crippen LogP contribution in [-0.4, -0.2) is 25.2 Å². The molecule has 0 radical (unpaired) electrons. The second-order valence-electron chi connectivity index (χ2n) is 8.97. The van der Waals surface area contributed by atoms with Gasteiger partial charge in [-0.1, -0.05) is 58.3 Å². The van der Waals surface area contributed by atoms with Crippen LogP contribution in [0.15, 0.2) is 18.2 Å². The zero-order valence-electron chi connectivity index (χ0n) is 20.1. The largest absolute Gasteiger partial charge is 0.494 e. The van der Waals surface area contributed by atoms with E-state index in [9.17, 15) is 4.79 Å². The highest BCUT2D eigenvalue weighted by Crippen LogP contribution is 2.25. The molecule has 1 aliphatic rings. The van der Waals surface area contributed by atoms with Gasteiger partial charge in [-0.2, -0.15) is 0 Å². The van der Waals surface area contributed by atoms with Crippen LogP contribution in [0, 0.1) is 0 Å². The molecule has 1 aliphatic carbocycles. The average molecular weight is 432 g/mol. The maximum atomic E-state index is 11.6. The highest BCUT2D eigenvalue weighted by molar-refractivity contribution is 5.76. The van der Waals surface area contributed by atoms with Gasteiger partial charge < -0.3 is 14.8 Å². The number of rotatable bonds is 19. The average Bonchev–Trinajstić information content (AvgIpc) is 3.56. The molecule has 1 amide bonds. The van der Waals surface area contributed by atoms with E-state index in [1.807, 2.05) is 13.0 Å². The molecule has 0 aromatic heterocycles. The van der Waals surface area contributed by atoms with E-state index in [2.05, 4.69) is 24.4 Å². The van der Waals surface area contributed by atoms with Crippen molar-refractivity contribution in [3.8, 4) is 11.5 Å². The SMILES string of the molecule is CCCCCc1cc(OCC)cc(OCCCCCCCCCCC(=O)NC2CC2)c1. The van der Waals surface area contributed by atoms with Gasteiger partial charge >= 0.3 is 0 Å². The lowest BCUT2D eigenvalue weighted by Gasteiger charge is -2.12. The first-order valence-electron chi connectivity index (χ1n) is 12.9. The number of carbonyl (C=O) groups is 1. The Hall–Kier alpha value is -1.71. The van der Waals surface area contributed by atoms with E-state index in [-0.39, 0.29) is 5.91 Å². The molecular weight excluding hydrogens is 386 g/mol. The van der Waals surface area contributed by atoms with Crippen molar-refractivity contribution in [3.63, 3.8) is 0 Å². The molecule has 1 saturated carbocycles. The van der Waals surface area contributed by atoms with Crippen molar-refractivity contribution < 1.29 is 14.3 Å². The molecule has 2 rings (SSSR count). The summed E-state index contributed by atoms with van der Waals surface area (Å²) in [6.07, 6.45) is 17.5. The van der Waals surface area contributed by atoms with Crippen molar-refractivity contribution in [1.29, 1.82) is 0 Å². The van der Waals surface area contributed by atoms with Gasteiger partial charge in [0.2, 0.25) is 5.91 Å². The van der Waals surface area contributed by atoms with E-state index in [1.165, 1.54) is 76.2 Å². The Morgan fingerprint density at radius 1 is 0.839 bits per heavy atom. The lowest BCUT2D eigenvalue weighted by atomic mass is 10.1. The van der Waals surface area contributed by atoms with Gasteiger partial charge in [0.1, 0.15) is 11.5 Å². The molecule has 4 heteroatoms. The fraction of sp³-hybridized carbons (Fsp3) is 0.741. The number of aryl methyl sites for hydroxylation is 1. The van der Waals surface area contributed by atoms with Crippen molar-refractivity contribution in [3.05, 3.63) is 23.8 Å². The highest BCUT2D eigenvalue weighted by atomic mass is 16.5. The van der Waals surface area contributed by atoms with Gasteiger partial charge in [0, 0.05) is 18.5 Å². The summed E-state index contributed by atoms with van der Waals surface area (Å²) in [5, 5.41) is 3.06. The molecule has 0 atom stereocenters. The second kappa shape index (κ2) is 16.0.